The lowest BCUT2D eigenvalue weighted by Crippen LogP contribution is -2.37. The number of halogens is 3. The van der Waals surface area contributed by atoms with Crippen LogP contribution in [0.5, 0.6) is 0 Å². The summed E-state index contributed by atoms with van der Waals surface area (Å²) in [7, 11) is 6.94. The van der Waals surface area contributed by atoms with Crippen LogP contribution < -0.4 is 10.6 Å². The molecule has 2 radical (unpaired) electrons. The lowest BCUT2D eigenvalue weighted by atomic mass is 9.69. The molecule has 186 valence electrons. The summed E-state index contributed by atoms with van der Waals surface area (Å²) in [6.45, 7) is 2.85. The molecule has 1 fully saturated rings. The number of nitrogens with zero attached hydrogens (tertiary/aromatic N) is 5. The number of anilines is 2. The Morgan fingerprint density at radius 1 is 1.24 bits per heavy atom. The molecule has 1 aliphatic rings. The molecule has 37 heavy (non-hydrogen) atoms. The molecule has 11 heteroatoms. The Bertz CT molecular complexity index is 1510. The molecule has 1 atom stereocenters. The molecular weight excluding hydrogens is 495 g/mol. The highest BCUT2D eigenvalue weighted by Crippen LogP contribution is 2.38. The zero-order valence-corrected chi connectivity index (χ0v) is 21.0. The van der Waals surface area contributed by atoms with Crippen molar-refractivity contribution < 1.29 is 8.78 Å². The maximum absolute atomic E-state index is 14.3. The average Bonchev–Trinajstić information content (AvgIpc) is 3.58. The summed E-state index contributed by atoms with van der Waals surface area (Å²) in [6.07, 6.45) is 5.22. The zero-order chi connectivity index (χ0) is 26.4. The van der Waals surface area contributed by atoms with Gasteiger partial charge in [0.2, 0.25) is 0 Å². The van der Waals surface area contributed by atoms with E-state index in [9.17, 15) is 14.0 Å². The van der Waals surface area contributed by atoms with E-state index in [1.165, 1.54) is 32.2 Å². The minimum atomic E-state index is -1.52. The second-order valence-electron chi connectivity index (χ2n) is 9.84. The molecule has 7 nitrogen and oxygen atoms in total. The van der Waals surface area contributed by atoms with E-state index < -0.39 is 16.9 Å². The third-order valence-corrected chi connectivity index (χ3v) is 6.50. The van der Waals surface area contributed by atoms with Gasteiger partial charge in [0.15, 0.2) is 0 Å². The number of nitrogens with one attached hydrogen (secondary N) is 2. The predicted molar refractivity (Wildman–Crippen MR) is 140 cm³/mol. The Kier molecular flexibility index (Phi) is 6.28. The Morgan fingerprint density at radius 2 is 1.97 bits per heavy atom. The molecule has 1 aliphatic carbocycles. The van der Waals surface area contributed by atoms with Crippen LogP contribution in [0.4, 0.5) is 20.2 Å². The van der Waals surface area contributed by atoms with Crippen LogP contribution in [0.25, 0.3) is 10.9 Å². The first-order valence-electron chi connectivity index (χ1n) is 11.8. The number of hydrogen-bond acceptors (Lipinski definition) is 6. The molecule has 4 aromatic rings. The zero-order valence-electron chi connectivity index (χ0n) is 20.3. The number of hydrogen-bond donors (Lipinski definition) is 2. The summed E-state index contributed by atoms with van der Waals surface area (Å²) in [5, 5.41) is 25.4. The van der Waals surface area contributed by atoms with Gasteiger partial charge >= 0.3 is 0 Å². The van der Waals surface area contributed by atoms with E-state index in [4.69, 9.17) is 19.4 Å². The molecule has 2 N–H and O–H groups in total. The van der Waals surface area contributed by atoms with Crippen LogP contribution in [0.15, 0.2) is 48.8 Å². The Labute approximate surface area is 219 Å². The van der Waals surface area contributed by atoms with Crippen molar-refractivity contribution in [2.45, 2.75) is 43.8 Å². The van der Waals surface area contributed by atoms with Crippen LogP contribution in [0.1, 0.15) is 49.6 Å². The van der Waals surface area contributed by atoms with E-state index in [0.29, 0.717) is 38.6 Å². The topological polar surface area (TPSA) is 91.5 Å². The SMILES string of the molecule is [B]C(Nc1cc(Cl)c2ncc(C#N)c(NCC(C)(C)F)c2c1)(c1ccc(F)cc1)c1cn(C2CC2)nn1. The van der Waals surface area contributed by atoms with Crippen molar-refractivity contribution in [2.24, 2.45) is 0 Å². The number of pyridine rings is 1. The molecule has 0 amide bonds. The summed E-state index contributed by atoms with van der Waals surface area (Å²) >= 11 is 6.61. The Balaban J connectivity index is 1.62. The van der Waals surface area contributed by atoms with Gasteiger partial charge in [0.25, 0.3) is 0 Å². The van der Waals surface area contributed by atoms with Crippen molar-refractivity contribution in [2.75, 3.05) is 17.2 Å². The van der Waals surface area contributed by atoms with Gasteiger partial charge in [-0.1, -0.05) is 28.9 Å². The number of benzene rings is 2. The van der Waals surface area contributed by atoms with Gasteiger partial charge < -0.3 is 10.6 Å². The molecular formula is C26H23BClF2N7. The molecule has 1 unspecified atom stereocenters. The highest BCUT2D eigenvalue weighted by molar-refractivity contribution is 6.36. The maximum atomic E-state index is 14.3. The van der Waals surface area contributed by atoms with Crippen LogP contribution in [0.2, 0.25) is 5.02 Å². The molecule has 2 heterocycles. The number of aromatic nitrogens is 4. The predicted octanol–water partition coefficient (Wildman–Crippen LogP) is 5.47. The van der Waals surface area contributed by atoms with Gasteiger partial charge in [-0.3, -0.25) is 4.98 Å². The molecule has 0 aliphatic heterocycles. The van der Waals surface area contributed by atoms with Crippen molar-refractivity contribution in [3.8, 4) is 6.07 Å². The standard InChI is InChI=1S/C26H23BClF2N7/c1-25(2,30)14-33-23-15(11-31)12-32-24-20(23)9-18(10-21(24)28)34-26(27,16-3-5-17(29)6-4-16)22-13-37(36-35-22)19-7-8-19/h3-6,9-10,12-13,19,34H,7-8,14H2,1-2H3,(H,32,33). The van der Waals surface area contributed by atoms with E-state index in [1.807, 2.05) is 0 Å². The fraction of sp³-hybridized carbons (Fsp3) is 0.308. The first-order valence-corrected chi connectivity index (χ1v) is 12.2. The summed E-state index contributed by atoms with van der Waals surface area (Å²) in [5.41, 5.74) is -0.350. The smallest absolute Gasteiger partial charge is 0.123 e. The summed E-state index contributed by atoms with van der Waals surface area (Å²) in [5.74, 6) is -0.400. The minimum Gasteiger partial charge on any atom is -0.380 e. The second kappa shape index (κ2) is 9.31. The lowest BCUT2D eigenvalue weighted by molar-refractivity contribution is 0.235. The highest BCUT2D eigenvalue weighted by atomic mass is 35.5. The van der Waals surface area contributed by atoms with E-state index >= 15 is 0 Å². The van der Waals surface area contributed by atoms with Gasteiger partial charge in [-0.2, -0.15) is 5.26 Å². The summed E-state index contributed by atoms with van der Waals surface area (Å²) < 4.78 is 29.8. The van der Waals surface area contributed by atoms with Crippen LogP contribution in [-0.4, -0.2) is 40.0 Å². The van der Waals surface area contributed by atoms with Gasteiger partial charge in [-0.05, 0) is 56.5 Å². The summed E-state index contributed by atoms with van der Waals surface area (Å²) in [6, 6.07) is 11.6. The van der Waals surface area contributed by atoms with Crippen LogP contribution in [-0.2, 0) is 5.44 Å². The van der Waals surface area contributed by atoms with Crippen molar-refractivity contribution in [3.05, 3.63) is 76.5 Å². The largest absolute Gasteiger partial charge is 0.380 e. The van der Waals surface area contributed by atoms with Gasteiger partial charge in [0.05, 0.1) is 39.5 Å². The Hall–Kier alpha value is -3.71. The number of fused-ring (bicyclic) bond motifs is 1. The van der Waals surface area contributed by atoms with Crippen LogP contribution in [0, 0.1) is 17.1 Å². The number of nitriles is 1. The van der Waals surface area contributed by atoms with Crippen molar-refractivity contribution in [1.29, 1.82) is 5.26 Å². The second-order valence-corrected chi connectivity index (χ2v) is 10.2. The van der Waals surface area contributed by atoms with Gasteiger partial charge in [0.1, 0.15) is 31.1 Å². The monoisotopic (exact) mass is 517 g/mol. The quantitative estimate of drug-likeness (QED) is 0.301. The third kappa shape index (κ3) is 5.09. The lowest BCUT2D eigenvalue weighted by Gasteiger charge is -2.32. The number of rotatable bonds is 8. The van der Waals surface area contributed by atoms with Crippen molar-refractivity contribution in [1.82, 2.24) is 20.0 Å². The Morgan fingerprint density at radius 3 is 2.62 bits per heavy atom. The van der Waals surface area contributed by atoms with E-state index in [1.54, 1.807) is 35.1 Å². The maximum Gasteiger partial charge on any atom is 0.123 e. The van der Waals surface area contributed by atoms with Crippen LogP contribution >= 0.6 is 11.6 Å². The van der Waals surface area contributed by atoms with E-state index in [2.05, 4.69) is 32.0 Å². The fourth-order valence-corrected chi connectivity index (χ4v) is 4.37. The van der Waals surface area contributed by atoms with Crippen LogP contribution in [0.3, 0.4) is 0 Å². The molecule has 0 bridgehead atoms. The van der Waals surface area contributed by atoms with Crippen molar-refractivity contribution >= 4 is 41.7 Å². The van der Waals surface area contributed by atoms with Gasteiger partial charge in [-0.25, -0.2) is 13.5 Å². The minimum absolute atomic E-state index is 0.0310. The van der Waals surface area contributed by atoms with Gasteiger partial charge in [-0.15, -0.1) is 5.10 Å². The molecule has 1 saturated carbocycles. The first-order chi connectivity index (χ1) is 17.6. The molecule has 2 aromatic carbocycles. The van der Waals surface area contributed by atoms with Crippen molar-refractivity contribution in [3.63, 3.8) is 0 Å². The molecule has 0 spiro atoms. The number of alkyl halides is 1. The average molecular weight is 518 g/mol. The van der Waals surface area contributed by atoms with E-state index in [0.717, 1.165) is 12.8 Å². The third-order valence-electron chi connectivity index (χ3n) is 6.21. The molecule has 2 aromatic heterocycles. The van der Waals surface area contributed by atoms with Gasteiger partial charge in [0, 0.05) is 23.8 Å². The fourth-order valence-electron chi connectivity index (χ4n) is 4.11. The molecule has 0 saturated heterocycles. The highest BCUT2D eigenvalue weighted by Gasteiger charge is 2.34. The van der Waals surface area contributed by atoms with E-state index in [-0.39, 0.29) is 18.2 Å². The molecule has 5 rings (SSSR count). The normalized spacial score (nSPS) is 15.2. The summed E-state index contributed by atoms with van der Waals surface area (Å²) in [4.78, 5) is 4.34. The first kappa shape index (κ1) is 25.0.